The Balaban J connectivity index is 1.99. The lowest BCUT2D eigenvalue weighted by Gasteiger charge is -2.26. The molecule has 0 unspecified atom stereocenters. The van der Waals surface area contributed by atoms with Gasteiger partial charge < -0.3 is 15.5 Å². The first-order valence-corrected chi connectivity index (χ1v) is 6.35. The zero-order valence-corrected chi connectivity index (χ0v) is 10.5. The first kappa shape index (κ1) is 12.9. The molecule has 3 N–H and O–H groups in total. The number of nitrogens with one attached hydrogen (secondary N) is 1. The highest BCUT2D eigenvalue weighted by Gasteiger charge is 2.22. The monoisotopic (exact) mass is 249 g/mol. The number of carbonyl (C=O) groups excluding carboxylic acids is 1. The molecule has 0 radical (unpaired) electrons. The van der Waals surface area contributed by atoms with Crippen LogP contribution in [0.2, 0.25) is 0 Å². The predicted molar refractivity (Wildman–Crippen MR) is 68.6 cm³/mol. The number of phenols is 1. The summed E-state index contributed by atoms with van der Waals surface area (Å²) in [6.45, 7) is 1.87. The molecule has 0 aliphatic heterocycles. The van der Waals surface area contributed by atoms with Crippen LogP contribution in [0.3, 0.4) is 0 Å². The Morgan fingerprint density at radius 1 is 1.28 bits per heavy atom. The van der Waals surface area contributed by atoms with E-state index >= 15 is 0 Å². The summed E-state index contributed by atoms with van der Waals surface area (Å²) in [7, 11) is 0. The van der Waals surface area contributed by atoms with Crippen LogP contribution in [0, 0.1) is 6.92 Å². The summed E-state index contributed by atoms with van der Waals surface area (Å²) < 4.78 is 0. The maximum absolute atomic E-state index is 12.0. The van der Waals surface area contributed by atoms with Gasteiger partial charge in [0.15, 0.2) is 0 Å². The summed E-state index contributed by atoms with van der Waals surface area (Å²) in [6, 6.07) is 5.12. The topological polar surface area (TPSA) is 69.6 Å². The van der Waals surface area contributed by atoms with Crippen LogP contribution in [0.1, 0.15) is 41.6 Å². The van der Waals surface area contributed by atoms with E-state index in [4.69, 9.17) is 0 Å². The molecule has 1 aliphatic carbocycles. The predicted octanol–water partition coefficient (Wildman–Crippen LogP) is 1.73. The van der Waals surface area contributed by atoms with Crippen LogP contribution in [0.25, 0.3) is 0 Å². The highest BCUT2D eigenvalue weighted by atomic mass is 16.3. The molecule has 1 aromatic rings. The van der Waals surface area contributed by atoms with Gasteiger partial charge in [-0.1, -0.05) is 6.07 Å². The standard InChI is InChI=1S/C14H19NO3/c1-9-2-7-12(13(17)8-9)14(18)15-10-3-5-11(16)6-4-10/h2,7-8,10-11,16-17H,3-6H2,1H3,(H,15,18). The van der Waals surface area contributed by atoms with Gasteiger partial charge in [0, 0.05) is 6.04 Å². The Bertz CT molecular complexity index is 437. The van der Waals surface area contributed by atoms with Crippen molar-refractivity contribution in [1.29, 1.82) is 0 Å². The van der Waals surface area contributed by atoms with Crippen LogP contribution < -0.4 is 5.32 Å². The molecule has 4 heteroatoms. The number of phenolic OH excluding ortho intramolecular Hbond substituents is 1. The van der Waals surface area contributed by atoms with Crippen molar-refractivity contribution in [3.8, 4) is 5.75 Å². The first-order valence-electron chi connectivity index (χ1n) is 6.35. The van der Waals surface area contributed by atoms with Gasteiger partial charge in [-0.05, 0) is 50.3 Å². The maximum Gasteiger partial charge on any atom is 0.255 e. The fourth-order valence-corrected chi connectivity index (χ4v) is 2.32. The molecule has 1 aliphatic rings. The Labute approximate surface area is 107 Å². The van der Waals surface area contributed by atoms with Crippen molar-refractivity contribution in [2.45, 2.75) is 44.8 Å². The molecule has 2 rings (SSSR count). The van der Waals surface area contributed by atoms with Gasteiger partial charge in [0.2, 0.25) is 0 Å². The molecular formula is C14H19NO3. The second-order valence-corrected chi connectivity index (χ2v) is 5.00. The summed E-state index contributed by atoms with van der Waals surface area (Å²) >= 11 is 0. The lowest BCUT2D eigenvalue weighted by Crippen LogP contribution is -2.38. The minimum Gasteiger partial charge on any atom is -0.507 e. The van der Waals surface area contributed by atoms with E-state index in [0.717, 1.165) is 31.2 Å². The minimum atomic E-state index is -0.242. The average Bonchev–Trinajstić information content (AvgIpc) is 2.32. The fraction of sp³-hybridized carbons (Fsp3) is 0.500. The summed E-state index contributed by atoms with van der Waals surface area (Å²) in [4.78, 5) is 12.0. The van der Waals surface area contributed by atoms with Crippen molar-refractivity contribution in [2.24, 2.45) is 0 Å². The van der Waals surface area contributed by atoms with E-state index in [1.165, 1.54) is 0 Å². The van der Waals surface area contributed by atoms with Crippen LogP contribution in [0.4, 0.5) is 0 Å². The van der Waals surface area contributed by atoms with Gasteiger partial charge in [-0.25, -0.2) is 0 Å². The fourth-order valence-electron chi connectivity index (χ4n) is 2.32. The molecule has 0 heterocycles. The number of benzene rings is 1. The molecule has 1 saturated carbocycles. The minimum absolute atomic E-state index is 0.0170. The molecule has 4 nitrogen and oxygen atoms in total. The molecule has 98 valence electrons. The number of hydrogen-bond acceptors (Lipinski definition) is 3. The van der Waals surface area contributed by atoms with Gasteiger partial charge in [-0.15, -0.1) is 0 Å². The Morgan fingerprint density at radius 2 is 1.94 bits per heavy atom. The van der Waals surface area contributed by atoms with Crippen LogP contribution in [0.5, 0.6) is 5.75 Å². The average molecular weight is 249 g/mol. The van der Waals surface area contributed by atoms with E-state index in [9.17, 15) is 15.0 Å². The van der Waals surface area contributed by atoms with Gasteiger partial charge in [0.25, 0.3) is 5.91 Å². The summed E-state index contributed by atoms with van der Waals surface area (Å²) in [5, 5.41) is 22.0. The Hall–Kier alpha value is -1.55. The molecule has 0 saturated heterocycles. The molecule has 0 atom stereocenters. The Kier molecular flexibility index (Phi) is 3.87. The van der Waals surface area contributed by atoms with Crippen molar-refractivity contribution in [3.63, 3.8) is 0 Å². The normalized spacial score (nSPS) is 23.7. The summed E-state index contributed by atoms with van der Waals surface area (Å²) in [5.74, 6) is -0.225. The van der Waals surface area contributed by atoms with Crippen molar-refractivity contribution < 1.29 is 15.0 Å². The number of aliphatic hydroxyl groups is 1. The van der Waals surface area contributed by atoms with Crippen molar-refractivity contribution in [3.05, 3.63) is 29.3 Å². The molecule has 0 bridgehead atoms. The van der Waals surface area contributed by atoms with Gasteiger partial charge in [-0.3, -0.25) is 4.79 Å². The third-order valence-electron chi connectivity index (χ3n) is 3.43. The van der Waals surface area contributed by atoms with E-state index in [2.05, 4.69) is 5.32 Å². The second kappa shape index (κ2) is 5.40. The lowest BCUT2D eigenvalue weighted by atomic mass is 9.93. The van der Waals surface area contributed by atoms with Crippen molar-refractivity contribution >= 4 is 5.91 Å². The quantitative estimate of drug-likeness (QED) is 0.747. The van der Waals surface area contributed by atoms with Crippen LogP contribution in [-0.2, 0) is 0 Å². The lowest BCUT2D eigenvalue weighted by molar-refractivity contribution is 0.0865. The van der Waals surface area contributed by atoms with Gasteiger partial charge in [-0.2, -0.15) is 0 Å². The summed E-state index contributed by atoms with van der Waals surface area (Å²) in [5.41, 5.74) is 1.23. The SMILES string of the molecule is Cc1ccc(C(=O)NC2CCC(O)CC2)c(O)c1. The number of amides is 1. The molecular weight excluding hydrogens is 230 g/mol. The highest BCUT2D eigenvalue weighted by Crippen LogP contribution is 2.21. The van der Waals surface area contributed by atoms with Gasteiger partial charge in [0.05, 0.1) is 11.7 Å². The third kappa shape index (κ3) is 3.01. The summed E-state index contributed by atoms with van der Waals surface area (Å²) in [6.07, 6.45) is 2.81. The molecule has 18 heavy (non-hydrogen) atoms. The first-order chi connectivity index (χ1) is 8.56. The molecule has 1 amide bonds. The zero-order chi connectivity index (χ0) is 13.1. The number of aryl methyl sites for hydroxylation is 1. The molecule has 1 fully saturated rings. The molecule has 0 aromatic heterocycles. The second-order valence-electron chi connectivity index (χ2n) is 5.00. The number of hydrogen-bond donors (Lipinski definition) is 3. The smallest absolute Gasteiger partial charge is 0.255 e. The van der Waals surface area contributed by atoms with Crippen LogP contribution >= 0.6 is 0 Å². The molecule has 1 aromatic carbocycles. The highest BCUT2D eigenvalue weighted by molar-refractivity contribution is 5.97. The van der Waals surface area contributed by atoms with Crippen LogP contribution in [0.15, 0.2) is 18.2 Å². The largest absolute Gasteiger partial charge is 0.507 e. The number of carbonyl (C=O) groups is 1. The van der Waals surface area contributed by atoms with E-state index < -0.39 is 0 Å². The Morgan fingerprint density at radius 3 is 2.56 bits per heavy atom. The zero-order valence-electron chi connectivity index (χ0n) is 10.5. The van der Waals surface area contributed by atoms with E-state index in [0.29, 0.717) is 5.56 Å². The maximum atomic E-state index is 12.0. The van der Waals surface area contributed by atoms with Gasteiger partial charge >= 0.3 is 0 Å². The molecule has 0 spiro atoms. The van der Waals surface area contributed by atoms with E-state index in [-0.39, 0.29) is 23.8 Å². The van der Waals surface area contributed by atoms with Crippen molar-refractivity contribution in [1.82, 2.24) is 5.32 Å². The number of aliphatic hydroxyl groups excluding tert-OH is 1. The number of aromatic hydroxyl groups is 1. The number of rotatable bonds is 2. The van der Waals surface area contributed by atoms with Gasteiger partial charge in [0.1, 0.15) is 5.75 Å². The van der Waals surface area contributed by atoms with Crippen molar-refractivity contribution in [2.75, 3.05) is 0 Å². The van der Waals surface area contributed by atoms with E-state index in [1.54, 1.807) is 18.2 Å². The van der Waals surface area contributed by atoms with E-state index in [1.807, 2.05) is 6.92 Å². The van der Waals surface area contributed by atoms with Crippen LogP contribution in [-0.4, -0.2) is 28.3 Å². The third-order valence-corrected chi connectivity index (χ3v) is 3.43.